The van der Waals surface area contributed by atoms with Crippen LogP contribution in [-0.4, -0.2) is 33.5 Å². The molecule has 0 atom stereocenters. The first-order chi connectivity index (χ1) is 5.25. The van der Waals surface area contributed by atoms with Crippen molar-refractivity contribution in [2.45, 2.75) is 13.0 Å². The molecule has 0 radical (unpaired) electrons. The van der Waals surface area contributed by atoms with E-state index in [-0.39, 0.29) is 0 Å². The van der Waals surface area contributed by atoms with E-state index >= 15 is 0 Å². The highest BCUT2D eigenvalue weighted by atomic mass is 15.5. The van der Waals surface area contributed by atoms with Crippen molar-refractivity contribution in [2.24, 2.45) is 7.05 Å². The molecule has 0 saturated heterocycles. The summed E-state index contributed by atoms with van der Waals surface area (Å²) in [4.78, 5) is 3.92. The zero-order valence-electron chi connectivity index (χ0n) is 6.91. The summed E-state index contributed by atoms with van der Waals surface area (Å²) >= 11 is 0. The van der Waals surface area contributed by atoms with Gasteiger partial charge in [0.2, 0.25) is 0 Å². The monoisotopic (exact) mass is 152 g/mol. The number of nitrogens with zero attached hydrogens (tertiary/aromatic N) is 4. The molecule has 1 aliphatic rings. The number of fused-ring (bicyclic) bond motifs is 1. The van der Waals surface area contributed by atoms with Gasteiger partial charge in [0.25, 0.3) is 0 Å². The summed E-state index contributed by atoms with van der Waals surface area (Å²) in [5, 5.41) is 8.53. The van der Waals surface area contributed by atoms with Crippen molar-refractivity contribution in [3.8, 4) is 0 Å². The molecular formula is C7H12N4. The lowest BCUT2D eigenvalue weighted by molar-refractivity contribution is 0.307. The molecule has 0 spiro atoms. The number of hydrogen-bond acceptors (Lipinski definition) is 3. The van der Waals surface area contributed by atoms with Crippen LogP contribution in [0.4, 0.5) is 0 Å². The van der Waals surface area contributed by atoms with Gasteiger partial charge >= 0.3 is 0 Å². The minimum atomic E-state index is 0.948. The van der Waals surface area contributed by atoms with Crippen LogP contribution in [0.25, 0.3) is 0 Å². The molecule has 2 rings (SSSR count). The Bertz CT molecular complexity index is 265. The SMILES string of the molecule is CN1CCc2nn(C)nc2C1. The van der Waals surface area contributed by atoms with Crippen molar-refractivity contribution in [1.29, 1.82) is 0 Å². The molecule has 1 aliphatic heterocycles. The predicted molar refractivity (Wildman–Crippen MR) is 41.0 cm³/mol. The van der Waals surface area contributed by atoms with E-state index in [1.54, 1.807) is 4.80 Å². The van der Waals surface area contributed by atoms with Crippen LogP contribution in [0.2, 0.25) is 0 Å². The minimum absolute atomic E-state index is 0.948. The fraction of sp³-hybridized carbons (Fsp3) is 0.714. The fourth-order valence-electron chi connectivity index (χ4n) is 1.44. The Morgan fingerprint density at radius 3 is 2.73 bits per heavy atom. The molecule has 11 heavy (non-hydrogen) atoms. The van der Waals surface area contributed by atoms with Crippen molar-refractivity contribution >= 4 is 0 Å². The van der Waals surface area contributed by atoms with E-state index in [0.717, 1.165) is 25.2 Å². The van der Waals surface area contributed by atoms with Gasteiger partial charge in [-0.1, -0.05) is 0 Å². The number of likely N-dealkylation sites (N-methyl/N-ethyl adjacent to an activating group) is 1. The van der Waals surface area contributed by atoms with E-state index in [4.69, 9.17) is 0 Å². The summed E-state index contributed by atoms with van der Waals surface area (Å²) in [7, 11) is 3.98. The average Bonchev–Trinajstić information content (AvgIpc) is 2.27. The quantitative estimate of drug-likeness (QED) is 0.516. The van der Waals surface area contributed by atoms with Crippen molar-refractivity contribution in [3.63, 3.8) is 0 Å². The van der Waals surface area contributed by atoms with E-state index in [2.05, 4.69) is 22.1 Å². The van der Waals surface area contributed by atoms with Crippen LogP contribution in [-0.2, 0) is 20.0 Å². The largest absolute Gasteiger partial charge is 0.300 e. The molecule has 0 N–H and O–H groups in total. The second kappa shape index (κ2) is 2.30. The van der Waals surface area contributed by atoms with Crippen molar-refractivity contribution < 1.29 is 0 Å². The molecular weight excluding hydrogens is 140 g/mol. The molecule has 4 heteroatoms. The van der Waals surface area contributed by atoms with Crippen LogP contribution in [0.1, 0.15) is 11.4 Å². The van der Waals surface area contributed by atoms with E-state index < -0.39 is 0 Å². The molecule has 2 heterocycles. The Labute approximate surface area is 65.8 Å². The molecule has 1 aromatic rings. The summed E-state index contributed by atoms with van der Waals surface area (Å²) < 4.78 is 0. The highest BCUT2D eigenvalue weighted by Gasteiger charge is 2.16. The zero-order valence-corrected chi connectivity index (χ0v) is 6.91. The van der Waals surface area contributed by atoms with E-state index in [0.29, 0.717) is 0 Å². The van der Waals surface area contributed by atoms with Crippen LogP contribution < -0.4 is 0 Å². The molecule has 0 aliphatic carbocycles. The molecule has 0 saturated carbocycles. The number of hydrogen-bond donors (Lipinski definition) is 0. The van der Waals surface area contributed by atoms with E-state index in [9.17, 15) is 0 Å². The second-order valence-electron chi connectivity index (χ2n) is 3.07. The first-order valence-corrected chi connectivity index (χ1v) is 3.83. The van der Waals surface area contributed by atoms with Gasteiger partial charge < -0.3 is 4.90 Å². The number of aromatic nitrogens is 3. The first kappa shape index (κ1) is 6.79. The van der Waals surface area contributed by atoms with Crippen molar-refractivity contribution in [2.75, 3.05) is 13.6 Å². The van der Waals surface area contributed by atoms with Crippen molar-refractivity contribution in [3.05, 3.63) is 11.4 Å². The van der Waals surface area contributed by atoms with Gasteiger partial charge in [-0.05, 0) is 7.05 Å². The summed E-state index contributed by atoms with van der Waals surface area (Å²) in [5.41, 5.74) is 2.31. The minimum Gasteiger partial charge on any atom is -0.300 e. The van der Waals surface area contributed by atoms with Crippen LogP contribution in [0.5, 0.6) is 0 Å². The van der Waals surface area contributed by atoms with Crippen LogP contribution in [0.3, 0.4) is 0 Å². The highest BCUT2D eigenvalue weighted by Crippen LogP contribution is 2.11. The topological polar surface area (TPSA) is 34.0 Å². The zero-order chi connectivity index (χ0) is 7.84. The van der Waals surface area contributed by atoms with Gasteiger partial charge in [0.15, 0.2) is 0 Å². The molecule has 4 nitrogen and oxygen atoms in total. The van der Waals surface area contributed by atoms with Gasteiger partial charge in [-0.15, -0.1) is 0 Å². The standard InChI is InChI=1S/C7H12N4/c1-10-4-3-6-7(5-10)9-11(2)8-6/h3-5H2,1-2H3. The lowest BCUT2D eigenvalue weighted by Gasteiger charge is -2.19. The number of rotatable bonds is 0. The van der Waals surface area contributed by atoms with Gasteiger partial charge in [0.1, 0.15) is 0 Å². The first-order valence-electron chi connectivity index (χ1n) is 3.83. The lowest BCUT2D eigenvalue weighted by atomic mass is 10.2. The van der Waals surface area contributed by atoms with Crippen LogP contribution in [0, 0.1) is 0 Å². The number of aryl methyl sites for hydroxylation is 1. The maximum absolute atomic E-state index is 4.27. The van der Waals surface area contributed by atoms with E-state index in [1.807, 2.05) is 7.05 Å². The van der Waals surface area contributed by atoms with Crippen LogP contribution >= 0.6 is 0 Å². The van der Waals surface area contributed by atoms with Crippen LogP contribution in [0.15, 0.2) is 0 Å². The fourth-order valence-corrected chi connectivity index (χ4v) is 1.44. The maximum Gasteiger partial charge on any atom is 0.0999 e. The summed E-state index contributed by atoms with van der Waals surface area (Å²) in [6.07, 6.45) is 1.04. The normalized spacial score (nSPS) is 18.4. The lowest BCUT2D eigenvalue weighted by Crippen LogP contribution is -2.26. The summed E-state index contributed by atoms with van der Waals surface area (Å²) in [6, 6.07) is 0. The third-order valence-corrected chi connectivity index (χ3v) is 2.01. The smallest absolute Gasteiger partial charge is 0.0999 e. The Kier molecular flexibility index (Phi) is 1.42. The molecule has 0 unspecified atom stereocenters. The predicted octanol–water partition coefficient (Wildman–Crippen LogP) is -0.197. The maximum atomic E-state index is 4.27. The molecule has 0 bridgehead atoms. The Morgan fingerprint density at radius 1 is 1.18 bits per heavy atom. The van der Waals surface area contributed by atoms with Gasteiger partial charge in [0, 0.05) is 26.6 Å². The Balaban J connectivity index is 2.34. The van der Waals surface area contributed by atoms with Gasteiger partial charge in [-0.3, -0.25) is 0 Å². The highest BCUT2D eigenvalue weighted by molar-refractivity contribution is 5.11. The molecule has 0 fully saturated rings. The van der Waals surface area contributed by atoms with E-state index in [1.165, 1.54) is 5.69 Å². The van der Waals surface area contributed by atoms with Gasteiger partial charge in [0.05, 0.1) is 11.4 Å². The molecule has 0 aromatic carbocycles. The Hall–Kier alpha value is -0.900. The summed E-state index contributed by atoms with van der Waals surface area (Å²) in [5.74, 6) is 0. The third-order valence-electron chi connectivity index (χ3n) is 2.01. The van der Waals surface area contributed by atoms with Crippen molar-refractivity contribution in [1.82, 2.24) is 19.9 Å². The molecule has 1 aromatic heterocycles. The summed E-state index contributed by atoms with van der Waals surface area (Å²) in [6.45, 7) is 2.05. The van der Waals surface area contributed by atoms with Gasteiger partial charge in [-0.25, -0.2) is 0 Å². The Morgan fingerprint density at radius 2 is 1.91 bits per heavy atom. The second-order valence-corrected chi connectivity index (χ2v) is 3.07. The third kappa shape index (κ3) is 1.14. The van der Waals surface area contributed by atoms with Gasteiger partial charge in [-0.2, -0.15) is 15.0 Å². The molecule has 60 valence electrons. The average molecular weight is 152 g/mol. The molecule has 0 amide bonds.